The average molecular weight is 234 g/mol. The zero-order chi connectivity index (χ0) is 8.81. The van der Waals surface area contributed by atoms with Gasteiger partial charge in [0.1, 0.15) is 0 Å². The second-order valence-corrected chi connectivity index (χ2v) is 4.75. The van der Waals surface area contributed by atoms with Gasteiger partial charge in [-0.15, -0.1) is 0 Å². The van der Waals surface area contributed by atoms with E-state index in [4.69, 9.17) is 0 Å². The van der Waals surface area contributed by atoms with Gasteiger partial charge in [0.15, 0.2) is 0 Å². The minimum atomic E-state index is 1.00. The average Bonchev–Trinajstić information content (AvgIpc) is 2.53. The fraction of sp³-hybridized carbons (Fsp3) is 1.00. The lowest BCUT2D eigenvalue weighted by atomic mass is 10.1. The third kappa shape index (κ3) is 3.90. The van der Waals surface area contributed by atoms with E-state index in [1.165, 1.54) is 45.2 Å². The molecule has 1 aliphatic carbocycles. The summed E-state index contributed by atoms with van der Waals surface area (Å²) in [7, 11) is 2.25. The van der Waals surface area contributed by atoms with Crippen molar-refractivity contribution in [3.05, 3.63) is 0 Å². The first-order valence-electron chi connectivity index (χ1n) is 5.07. The lowest BCUT2D eigenvalue weighted by Crippen LogP contribution is -2.25. The molecule has 0 aromatic heterocycles. The van der Waals surface area contributed by atoms with Gasteiger partial charge >= 0.3 is 0 Å². The van der Waals surface area contributed by atoms with Gasteiger partial charge < -0.3 is 4.90 Å². The van der Waals surface area contributed by atoms with Crippen LogP contribution in [0.4, 0.5) is 0 Å². The van der Waals surface area contributed by atoms with Crippen LogP contribution in [0.3, 0.4) is 0 Å². The predicted molar refractivity (Wildman–Crippen MR) is 57.9 cm³/mol. The molecule has 1 fully saturated rings. The molecule has 0 amide bonds. The van der Waals surface area contributed by atoms with Crippen molar-refractivity contribution < 1.29 is 0 Å². The number of halogens is 1. The number of hydrogen-bond acceptors (Lipinski definition) is 1. The maximum absolute atomic E-state index is 3.46. The van der Waals surface area contributed by atoms with Crippen LogP contribution < -0.4 is 0 Å². The van der Waals surface area contributed by atoms with Crippen LogP contribution >= 0.6 is 15.9 Å². The van der Waals surface area contributed by atoms with Crippen molar-refractivity contribution in [2.24, 2.45) is 5.92 Å². The van der Waals surface area contributed by atoms with Crippen LogP contribution in [0.25, 0.3) is 0 Å². The van der Waals surface area contributed by atoms with Gasteiger partial charge in [0, 0.05) is 11.9 Å². The second-order valence-electron chi connectivity index (χ2n) is 3.96. The van der Waals surface area contributed by atoms with Crippen molar-refractivity contribution >= 4 is 15.9 Å². The summed E-state index contributed by atoms with van der Waals surface area (Å²) in [5.74, 6) is 1.00. The summed E-state index contributed by atoms with van der Waals surface area (Å²) in [5.41, 5.74) is 0. The number of nitrogens with zero attached hydrogens (tertiary/aromatic N) is 1. The highest BCUT2D eigenvalue weighted by atomic mass is 79.9. The van der Waals surface area contributed by atoms with Crippen molar-refractivity contribution in [3.8, 4) is 0 Å². The van der Waals surface area contributed by atoms with E-state index in [2.05, 4.69) is 27.9 Å². The molecule has 0 saturated heterocycles. The lowest BCUT2D eigenvalue weighted by molar-refractivity contribution is 0.279. The smallest absolute Gasteiger partial charge is 0.00434 e. The zero-order valence-corrected chi connectivity index (χ0v) is 9.65. The molecule has 1 aliphatic rings. The first-order chi connectivity index (χ1) is 5.83. The number of rotatable bonds is 5. The Labute approximate surface area is 84.6 Å². The molecule has 2 heteroatoms. The minimum Gasteiger partial charge on any atom is -0.306 e. The molecule has 0 spiro atoms. The van der Waals surface area contributed by atoms with Gasteiger partial charge in [-0.1, -0.05) is 28.8 Å². The van der Waals surface area contributed by atoms with Gasteiger partial charge in [0.05, 0.1) is 0 Å². The normalized spacial score (nSPS) is 19.2. The Balaban J connectivity index is 2.03. The predicted octanol–water partition coefficient (Wildman–Crippen LogP) is 2.89. The van der Waals surface area contributed by atoms with Gasteiger partial charge in [-0.25, -0.2) is 0 Å². The van der Waals surface area contributed by atoms with Crippen LogP contribution in [0.15, 0.2) is 0 Å². The summed E-state index contributed by atoms with van der Waals surface area (Å²) in [6.07, 6.45) is 7.16. The van der Waals surface area contributed by atoms with Crippen molar-refractivity contribution in [3.63, 3.8) is 0 Å². The second kappa shape index (κ2) is 5.98. The van der Waals surface area contributed by atoms with Gasteiger partial charge in [-0.3, -0.25) is 0 Å². The molecule has 0 radical (unpaired) electrons. The van der Waals surface area contributed by atoms with Crippen molar-refractivity contribution in [2.45, 2.75) is 32.1 Å². The molecule has 0 aromatic rings. The molecule has 1 saturated carbocycles. The quantitative estimate of drug-likeness (QED) is 0.661. The molecular formula is C10H20BrN. The molecule has 0 aromatic carbocycles. The third-order valence-electron chi connectivity index (χ3n) is 2.72. The summed E-state index contributed by atoms with van der Waals surface area (Å²) < 4.78 is 0. The Hall–Kier alpha value is 0.440. The minimum absolute atomic E-state index is 1.00. The molecular weight excluding hydrogens is 214 g/mol. The van der Waals surface area contributed by atoms with E-state index in [1.54, 1.807) is 0 Å². The van der Waals surface area contributed by atoms with Gasteiger partial charge in [-0.2, -0.15) is 0 Å². The summed E-state index contributed by atoms with van der Waals surface area (Å²) in [5, 5.41) is 1.14. The summed E-state index contributed by atoms with van der Waals surface area (Å²) in [6, 6.07) is 0. The zero-order valence-electron chi connectivity index (χ0n) is 8.06. The summed E-state index contributed by atoms with van der Waals surface area (Å²) in [6.45, 7) is 2.58. The Kier molecular flexibility index (Phi) is 5.24. The van der Waals surface area contributed by atoms with Crippen LogP contribution in [-0.4, -0.2) is 30.4 Å². The maximum Gasteiger partial charge on any atom is 0.00434 e. The van der Waals surface area contributed by atoms with Crippen molar-refractivity contribution in [1.82, 2.24) is 4.90 Å². The van der Waals surface area contributed by atoms with Gasteiger partial charge in [-0.05, 0) is 38.8 Å². The Morgan fingerprint density at radius 3 is 2.58 bits per heavy atom. The molecule has 72 valence electrons. The van der Waals surface area contributed by atoms with E-state index in [0.717, 1.165) is 11.2 Å². The van der Waals surface area contributed by atoms with E-state index in [0.29, 0.717) is 0 Å². The highest BCUT2D eigenvalue weighted by molar-refractivity contribution is 9.09. The fourth-order valence-corrected chi connectivity index (χ4v) is 2.31. The van der Waals surface area contributed by atoms with Crippen LogP contribution in [-0.2, 0) is 0 Å². The number of alkyl halides is 1. The topological polar surface area (TPSA) is 3.24 Å². The molecule has 0 aliphatic heterocycles. The SMILES string of the molecule is CN(CCCBr)CC1CCCC1. The first kappa shape index (κ1) is 10.5. The third-order valence-corrected chi connectivity index (χ3v) is 3.28. The standard InChI is InChI=1S/C10H20BrN/c1-12(8-4-7-11)9-10-5-2-3-6-10/h10H,2-9H2,1H3. The van der Waals surface area contributed by atoms with E-state index in [1.807, 2.05) is 0 Å². The van der Waals surface area contributed by atoms with E-state index in [-0.39, 0.29) is 0 Å². The Morgan fingerprint density at radius 2 is 2.00 bits per heavy atom. The van der Waals surface area contributed by atoms with Gasteiger partial charge in [0.25, 0.3) is 0 Å². The van der Waals surface area contributed by atoms with Crippen molar-refractivity contribution in [2.75, 3.05) is 25.5 Å². The molecule has 0 heterocycles. The first-order valence-corrected chi connectivity index (χ1v) is 6.19. The van der Waals surface area contributed by atoms with Crippen LogP contribution in [0.2, 0.25) is 0 Å². The fourth-order valence-electron chi connectivity index (χ4n) is 2.05. The molecule has 1 nitrogen and oxygen atoms in total. The van der Waals surface area contributed by atoms with E-state index < -0.39 is 0 Å². The molecule has 0 unspecified atom stereocenters. The van der Waals surface area contributed by atoms with E-state index in [9.17, 15) is 0 Å². The molecule has 12 heavy (non-hydrogen) atoms. The molecule has 0 N–H and O–H groups in total. The highest BCUT2D eigenvalue weighted by Crippen LogP contribution is 2.25. The largest absolute Gasteiger partial charge is 0.306 e. The molecule has 0 atom stereocenters. The lowest BCUT2D eigenvalue weighted by Gasteiger charge is -2.19. The Bertz CT molecular complexity index is 110. The van der Waals surface area contributed by atoms with Crippen LogP contribution in [0.1, 0.15) is 32.1 Å². The summed E-state index contributed by atoms with van der Waals surface area (Å²) in [4.78, 5) is 2.48. The monoisotopic (exact) mass is 233 g/mol. The van der Waals surface area contributed by atoms with Crippen LogP contribution in [0, 0.1) is 5.92 Å². The number of hydrogen-bond donors (Lipinski definition) is 0. The molecule has 1 rings (SSSR count). The van der Waals surface area contributed by atoms with Gasteiger partial charge in [0.2, 0.25) is 0 Å². The Morgan fingerprint density at radius 1 is 1.33 bits per heavy atom. The summed E-state index contributed by atoms with van der Waals surface area (Å²) >= 11 is 3.46. The maximum atomic E-state index is 3.46. The highest BCUT2D eigenvalue weighted by Gasteiger charge is 2.16. The van der Waals surface area contributed by atoms with E-state index >= 15 is 0 Å². The van der Waals surface area contributed by atoms with Crippen LogP contribution in [0.5, 0.6) is 0 Å². The molecule has 0 bridgehead atoms. The van der Waals surface area contributed by atoms with Crippen molar-refractivity contribution in [1.29, 1.82) is 0 Å².